The van der Waals surface area contributed by atoms with Gasteiger partial charge in [-0.2, -0.15) is 0 Å². The second kappa shape index (κ2) is 10.7. The zero-order chi connectivity index (χ0) is 36.6. The van der Waals surface area contributed by atoms with E-state index in [-0.39, 0.29) is 35.8 Å². The first-order valence-corrected chi connectivity index (χ1v) is 18.4. The molecule has 1 aromatic rings. The zero-order valence-corrected chi connectivity index (χ0v) is 30.4. The summed E-state index contributed by atoms with van der Waals surface area (Å²) in [5, 5.41) is 16.1. The van der Waals surface area contributed by atoms with Crippen molar-refractivity contribution < 1.29 is 48.0 Å². The minimum absolute atomic E-state index is 0.108. The molecule has 3 saturated heterocycles. The van der Waals surface area contributed by atoms with Crippen molar-refractivity contribution in [3.05, 3.63) is 35.9 Å². The monoisotopic (exact) mass is 706 g/mol. The number of carbonyl (C=O) groups is 5. The Kier molecular flexibility index (Phi) is 7.22. The number of likely N-dealkylation sites (tertiary alicyclic amines) is 1. The highest BCUT2D eigenvalue weighted by Crippen LogP contribution is 2.77. The zero-order valence-electron chi connectivity index (χ0n) is 30.4. The Morgan fingerprint density at radius 2 is 1.59 bits per heavy atom. The quantitative estimate of drug-likeness (QED) is 0.319. The highest BCUT2D eigenvalue weighted by Gasteiger charge is 2.94. The van der Waals surface area contributed by atoms with Crippen LogP contribution in [0.15, 0.2) is 30.3 Å². The van der Waals surface area contributed by atoms with Crippen molar-refractivity contribution in [3.63, 3.8) is 0 Å². The van der Waals surface area contributed by atoms with Crippen molar-refractivity contribution in [1.82, 2.24) is 10.2 Å². The highest BCUT2D eigenvalue weighted by atomic mass is 16.6. The van der Waals surface area contributed by atoms with Crippen molar-refractivity contribution in [1.29, 1.82) is 0 Å². The summed E-state index contributed by atoms with van der Waals surface area (Å²) in [7, 11) is 0. The maximum absolute atomic E-state index is 15.1. The fourth-order valence-electron chi connectivity index (χ4n) is 12.5. The van der Waals surface area contributed by atoms with Gasteiger partial charge >= 0.3 is 24.0 Å². The number of hydrogen-bond acceptors (Lipinski definition) is 10. The molecule has 0 aromatic heterocycles. The van der Waals surface area contributed by atoms with Gasteiger partial charge in [-0.3, -0.25) is 14.4 Å². The van der Waals surface area contributed by atoms with E-state index in [9.17, 15) is 24.3 Å². The summed E-state index contributed by atoms with van der Waals surface area (Å²) in [5.74, 6) is -1.87. The molecule has 12 nitrogen and oxygen atoms in total. The van der Waals surface area contributed by atoms with E-state index >= 15 is 4.79 Å². The largest absolute Gasteiger partial charge is 0.461 e. The van der Waals surface area contributed by atoms with Gasteiger partial charge in [0.05, 0.1) is 17.6 Å². The number of nitrogens with zero attached hydrogens (tertiary/aromatic N) is 1. The van der Waals surface area contributed by atoms with Gasteiger partial charge in [-0.25, -0.2) is 9.59 Å². The molecule has 8 aliphatic rings. The van der Waals surface area contributed by atoms with E-state index in [1.807, 2.05) is 41.5 Å². The molecule has 2 amide bonds. The van der Waals surface area contributed by atoms with Crippen LogP contribution in [0.1, 0.15) is 103 Å². The molecule has 51 heavy (non-hydrogen) atoms. The Balaban J connectivity index is 1.20. The van der Waals surface area contributed by atoms with Gasteiger partial charge in [0.2, 0.25) is 0 Å². The number of aliphatic hydroxyl groups is 1. The van der Waals surface area contributed by atoms with E-state index in [0.29, 0.717) is 18.4 Å². The fourth-order valence-corrected chi connectivity index (χ4v) is 12.5. The van der Waals surface area contributed by atoms with E-state index < -0.39 is 75.8 Å². The summed E-state index contributed by atoms with van der Waals surface area (Å²) < 4.78 is 23.8. The molecule has 3 aliphatic heterocycles. The molecule has 0 radical (unpaired) electrons. The number of ether oxygens (including phenoxy) is 4. The standard InChI is InChI=1S/C39H50N2O10/c1-33(2,3)38(47)17-25-37(18-26(42)48-25)31(45)50-30-39(37,38)27(49-29(44)24-10-8-7-9-11-24)28(43)41(30)21-36-15-22-12-23(16-36)14-35(13-22,19-36)20-40-32(46)51-34(4,5)6/h7-11,22-23,25,27,30,47H,12-21H2,1-6H3,(H,40,46)/t22?,23?,25-,27-,30-,35?,36?,37-,38+,39+/m0/s1. The van der Waals surface area contributed by atoms with Crippen LogP contribution in [0.4, 0.5) is 4.79 Å². The van der Waals surface area contributed by atoms with E-state index in [4.69, 9.17) is 18.9 Å². The van der Waals surface area contributed by atoms with Gasteiger partial charge in [-0.05, 0) is 99.5 Å². The van der Waals surface area contributed by atoms with Crippen molar-refractivity contribution in [3.8, 4) is 0 Å². The minimum Gasteiger partial charge on any atom is -0.461 e. The minimum atomic E-state index is -1.83. The Morgan fingerprint density at radius 1 is 0.941 bits per heavy atom. The van der Waals surface area contributed by atoms with E-state index in [1.54, 1.807) is 35.2 Å². The summed E-state index contributed by atoms with van der Waals surface area (Å²) in [4.78, 5) is 70.7. The highest BCUT2D eigenvalue weighted by molar-refractivity contribution is 5.99. The van der Waals surface area contributed by atoms with Gasteiger partial charge < -0.3 is 34.3 Å². The van der Waals surface area contributed by atoms with Crippen molar-refractivity contribution in [2.75, 3.05) is 13.1 Å². The normalized spacial score (nSPS) is 41.9. The van der Waals surface area contributed by atoms with E-state index in [0.717, 1.165) is 38.5 Å². The number of hydrogen-bond donors (Lipinski definition) is 2. The Hall–Kier alpha value is -3.67. The molecule has 5 aliphatic carbocycles. The molecule has 8 atom stereocenters. The molecular formula is C39H50N2O10. The van der Waals surface area contributed by atoms with Gasteiger partial charge in [0, 0.05) is 19.5 Å². The average Bonchev–Trinajstić information content (AvgIpc) is 3.62. The van der Waals surface area contributed by atoms with Crippen LogP contribution >= 0.6 is 0 Å². The van der Waals surface area contributed by atoms with Crippen molar-refractivity contribution >= 4 is 29.9 Å². The number of amides is 2. The number of carbonyl (C=O) groups excluding carboxylic acids is 5. The van der Waals surface area contributed by atoms with E-state index in [2.05, 4.69) is 5.32 Å². The lowest BCUT2D eigenvalue weighted by atomic mass is 9.44. The molecule has 8 fully saturated rings. The molecule has 12 heteroatoms. The maximum atomic E-state index is 15.1. The first-order chi connectivity index (χ1) is 23.8. The maximum Gasteiger partial charge on any atom is 0.407 e. The Bertz CT molecular complexity index is 1680. The lowest BCUT2D eigenvalue weighted by Gasteiger charge is -2.63. The predicted molar refractivity (Wildman–Crippen MR) is 179 cm³/mol. The van der Waals surface area contributed by atoms with Crippen molar-refractivity contribution in [2.24, 2.45) is 38.9 Å². The van der Waals surface area contributed by atoms with Gasteiger partial charge in [-0.1, -0.05) is 39.0 Å². The van der Waals surface area contributed by atoms with Crippen LogP contribution in [0.2, 0.25) is 0 Å². The molecule has 1 aromatic carbocycles. The van der Waals surface area contributed by atoms with Crippen LogP contribution < -0.4 is 5.32 Å². The van der Waals surface area contributed by atoms with Crippen LogP contribution in [0, 0.1) is 38.9 Å². The third-order valence-corrected chi connectivity index (χ3v) is 13.6. The fraction of sp³-hybridized carbons (Fsp3) is 0.718. The van der Waals surface area contributed by atoms with Crippen LogP contribution in [0.5, 0.6) is 0 Å². The number of alkyl carbamates (subject to hydrolysis) is 1. The molecule has 2 unspecified atom stereocenters. The smallest absolute Gasteiger partial charge is 0.407 e. The third-order valence-electron chi connectivity index (χ3n) is 13.6. The van der Waals surface area contributed by atoms with Gasteiger partial charge in [0.25, 0.3) is 5.91 Å². The molecule has 4 bridgehead atoms. The second-order valence-electron chi connectivity index (χ2n) is 19.0. The van der Waals surface area contributed by atoms with Crippen LogP contribution in [0.25, 0.3) is 0 Å². The van der Waals surface area contributed by atoms with Gasteiger partial charge in [-0.15, -0.1) is 0 Å². The van der Waals surface area contributed by atoms with Crippen LogP contribution in [-0.4, -0.2) is 82.6 Å². The number of benzene rings is 1. The number of esters is 3. The molecule has 3 heterocycles. The first kappa shape index (κ1) is 34.4. The second-order valence-corrected chi connectivity index (χ2v) is 19.0. The number of rotatable bonds is 6. The SMILES string of the molecule is CC(C)(C)OC(=O)NCC12CC3CC(C1)CC(CN1C(=O)[C@H](OC(=O)c4ccccc4)[C@@]45[C@@H]1OC(=O)[C@@]41CC(=O)O[C@H]1C[C@@]5(O)C(C)(C)C)(C3)C2. The first-order valence-electron chi connectivity index (χ1n) is 18.4. The molecule has 9 rings (SSSR count). The molecule has 2 N–H and O–H groups in total. The lowest BCUT2D eigenvalue weighted by molar-refractivity contribution is -0.215. The number of nitrogens with one attached hydrogen (secondary N) is 1. The van der Waals surface area contributed by atoms with Crippen LogP contribution in [0.3, 0.4) is 0 Å². The van der Waals surface area contributed by atoms with Crippen molar-refractivity contribution in [2.45, 2.75) is 123 Å². The molecular weight excluding hydrogens is 656 g/mol. The Morgan fingerprint density at radius 3 is 2.22 bits per heavy atom. The predicted octanol–water partition coefficient (Wildman–Crippen LogP) is 4.52. The Labute approximate surface area is 298 Å². The summed E-state index contributed by atoms with van der Waals surface area (Å²) in [5.41, 5.74) is -7.32. The average molecular weight is 707 g/mol. The summed E-state index contributed by atoms with van der Waals surface area (Å²) in [6, 6.07) is 8.29. The van der Waals surface area contributed by atoms with Gasteiger partial charge in [0.15, 0.2) is 12.3 Å². The molecule has 276 valence electrons. The third kappa shape index (κ3) is 4.69. The van der Waals surface area contributed by atoms with E-state index in [1.165, 1.54) is 0 Å². The summed E-state index contributed by atoms with van der Waals surface area (Å²) in [6.07, 6.45) is 0.548. The molecule has 5 saturated carbocycles. The topological polar surface area (TPSA) is 158 Å². The summed E-state index contributed by atoms with van der Waals surface area (Å²) >= 11 is 0. The lowest BCUT2D eigenvalue weighted by Crippen LogP contribution is -2.66. The summed E-state index contributed by atoms with van der Waals surface area (Å²) in [6.45, 7) is 11.6. The van der Waals surface area contributed by atoms with Crippen LogP contribution in [-0.2, 0) is 33.3 Å². The molecule has 2 spiro atoms. The van der Waals surface area contributed by atoms with Gasteiger partial charge in [0.1, 0.15) is 22.5 Å².